The van der Waals surface area contributed by atoms with Crippen molar-refractivity contribution < 1.29 is 4.79 Å². The highest BCUT2D eigenvalue weighted by atomic mass is 79.9. The fourth-order valence-electron chi connectivity index (χ4n) is 4.45. The summed E-state index contributed by atoms with van der Waals surface area (Å²) in [6.07, 6.45) is 7.89. The molecule has 25 heavy (non-hydrogen) atoms. The van der Waals surface area contributed by atoms with E-state index in [1.165, 1.54) is 24.8 Å². The van der Waals surface area contributed by atoms with Crippen LogP contribution in [0.15, 0.2) is 28.7 Å². The molecule has 1 aromatic rings. The van der Waals surface area contributed by atoms with Gasteiger partial charge in [-0.15, -0.1) is 12.4 Å². The number of amides is 1. The van der Waals surface area contributed by atoms with Crippen LogP contribution in [0.4, 0.5) is 0 Å². The van der Waals surface area contributed by atoms with Crippen molar-refractivity contribution >= 4 is 34.2 Å². The molecule has 1 aromatic carbocycles. The SMILES string of the molecule is CNCCC1CCN(C(=O)C2(c3ccc(Br)cc3)CCCC2)CC1.Cl. The first kappa shape index (κ1) is 20.7. The topological polar surface area (TPSA) is 32.3 Å². The van der Waals surface area contributed by atoms with Crippen molar-refractivity contribution in [3.63, 3.8) is 0 Å². The highest BCUT2D eigenvalue weighted by molar-refractivity contribution is 9.10. The minimum atomic E-state index is -0.265. The smallest absolute Gasteiger partial charge is 0.233 e. The van der Waals surface area contributed by atoms with Crippen LogP contribution in [0, 0.1) is 5.92 Å². The normalized spacial score (nSPS) is 20.3. The number of rotatable bonds is 5. The van der Waals surface area contributed by atoms with Crippen molar-refractivity contribution in [1.82, 2.24) is 10.2 Å². The number of piperidine rings is 1. The number of likely N-dealkylation sites (tertiary alicyclic amines) is 1. The van der Waals surface area contributed by atoms with Crippen molar-refractivity contribution in [2.75, 3.05) is 26.7 Å². The largest absolute Gasteiger partial charge is 0.342 e. The molecule has 0 unspecified atom stereocenters. The average molecular weight is 430 g/mol. The van der Waals surface area contributed by atoms with Crippen LogP contribution in [-0.2, 0) is 10.2 Å². The van der Waals surface area contributed by atoms with Gasteiger partial charge in [0.25, 0.3) is 0 Å². The van der Waals surface area contributed by atoms with E-state index in [-0.39, 0.29) is 17.8 Å². The molecule has 2 fully saturated rings. The number of halogens is 2. The summed E-state index contributed by atoms with van der Waals surface area (Å²) < 4.78 is 1.08. The average Bonchev–Trinajstić information content (AvgIpc) is 3.11. The van der Waals surface area contributed by atoms with E-state index in [2.05, 4.69) is 50.4 Å². The maximum absolute atomic E-state index is 13.4. The van der Waals surface area contributed by atoms with Crippen LogP contribution in [0.25, 0.3) is 0 Å². The Kier molecular flexibility index (Phi) is 7.78. The lowest BCUT2D eigenvalue weighted by Gasteiger charge is -2.39. The van der Waals surface area contributed by atoms with E-state index >= 15 is 0 Å². The van der Waals surface area contributed by atoms with Gasteiger partial charge in [-0.1, -0.05) is 40.9 Å². The second-order valence-electron chi connectivity index (χ2n) is 7.42. The van der Waals surface area contributed by atoms with Crippen LogP contribution in [0.5, 0.6) is 0 Å². The zero-order chi connectivity index (χ0) is 17.0. The first-order valence-electron chi connectivity index (χ1n) is 9.36. The van der Waals surface area contributed by atoms with E-state index in [1.807, 2.05) is 7.05 Å². The summed E-state index contributed by atoms with van der Waals surface area (Å²) in [5, 5.41) is 3.24. The van der Waals surface area contributed by atoms with Gasteiger partial charge in [0.15, 0.2) is 0 Å². The van der Waals surface area contributed by atoms with Gasteiger partial charge >= 0.3 is 0 Å². The molecule has 140 valence electrons. The second-order valence-corrected chi connectivity index (χ2v) is 8.34. The zero-order valence-corrected chi connectivity index (χ0v) is 17.5. The van der Waals surface area contributed by atoms with Crippen molar-refractivity contribution in [3.05, 3.63) is 34.3 Å². The molecule has 2 aliphatic rings. The van der Waals surface area contributed by atoms with Crippen molar-refractivity contribution in [1.29, 1.82) is 0 Å². The Morgan fingerprint density at radius 2 is 1.80 bits per heavy atom. The van der Waals surface area contributed by atoms with Gasteiger partial charge in [0.2, 0.25) is 5.91 Å². The monoisotopic (exact) mass is 428 g/mol. The van der Waals surface area contributed by atoms with Crippen LogP contribution in [0.1, 0.15) is 50.5 Å². The second kappa shape index (κ2) is 9.38. The van der Waals surface area contributed by atoms with Crippen molar-refractivity contribution in [3.8, 4) is 0 Å². The number of carbonyl (C=O) groups is 1. The maximum atomic E-state index is 13.4. The van der Waals surface area contributed by atoms with Gasteiger partial charge < -0.3 is 10.2 Å². The minimum Gasteiger partial charge on any atom is -0.342 e. The number of benzene rings is 1. The Morgan fingerprint density at radius 3 is 2.36 bits per heavy atom. The summed E-state index contributed by atoms with van der Waals surface area (Å²) in [6, 6.07) is 8.44. The van der Waals surface area contributed by atoms with E-state index in [0.29, 0.717) is 5.91 Å². The summed E-state index contributed by atoms with van der Waals surface area (Å²) in [4.78, 5) is 15.6. The highest BCUT2D eigenvalue weighted by Crippen LogP contribution is 2.43. The number of hydrogen-bond donors (Lipinski definition) is 1. The number of nitrogens with one attached hydrogen (secondary N) is 1. The highest BCUT2D eigenvalue weighted by Gasteiger charge is 2.45. The van der Waals surface area contributed by atoms with E-state index in [9.17, 15) is 4.79 Å². The lowest BCUT2D eigenvalue weighted by Crippen LogP contribution is -2.48. The van der Waals surface area contributed by atoms with Crippen LogP contribution in [-0.4, -0.2) is 37.5 Å². The molecule has 3 nitrogen and oxygen atoms in total. The first-order valence-corrected chi connectivity index (χ1v) is 10.1. The number of nitrogens with zero attached hydrogens (tertiary/aromatic N) is 1. The first-order chi connectivity index (χ1) is 11.7. The molecule has 1 heterocycles. The Hall–Kier alpha value is -0.580. The van der Waals surface area contributed by atoms with Crippen LogP contribution in [0.2, 0.25) is 0 Å². The predicted octanol–water partition coefficient (Wildman–Crippen LogP) is 4.53. The lowest BCUT2D eigenvalue weighted by molar-refractivity contribution is -0.138. The molecule has 0 radical (unpaired) electrons. The summed E-state index contributed by atoms with van der Waals surface area (Å²) in [5.74, 6) is 1.16. The Morgan fingerprint density at radius 1 is 1.20 bits per heavy atom. The standard InChI is InChI=1S/C20H29BrN2O.ClH/c1-22-13-8-16-9-14-23(15-10-16)19(24)20(11-2-3-12-20)17-4-6-18(21)7-5-17;/h4-7,16,22H,2-3,8-15H2,1H3;1H. The van der Waals surface area contributed by atoms with Gasteiger partial charge in [-0.25, -0.2) is 0 Å². The van der Waals surface area contributed by atoms with Crippen molar-refractivity contribution in [2.45, 2.75) is 50.4 Å². The van der Waals surface area contributed by atoms with E-state index in [4.69, 9.17) is 0 Å². The van der Waals surface area contributed by atoms with E-state index in [0.717, 1.165) is 55.7 Å². The van der Waals surface area contributed by atoms with Crippen LogP contribution in [0.3, 0.4) is 0 Å². The molecule has 0 bridgehead atoms. The molecule has 1 aliphatic carbocycles. The third kappa shape index (κ3) is 4.58. The molecular weight excluding hydrogens is 400 g/mol. The van der Waals surface area contributed by atoms with E-state index in [1.54, 1.807) is 0 Å². The van der Waals surface area contributed by atoms with E-state index < -0.39 is 0 Å². The van der Waals surface area contributed by atoms with Crippen LogP contribution >= 0.6 is 28.3 Å². The Balaban J connectivity index is 0.00000225. The molecule has 1 N–H and O–H groups in total. The molecule has 0 spiro atoms. The summed E-state index contributed by atoms with van der Waals surface area (Å²) in [6.45, 7) is 2.96. The summed E-state index contributed by atoms with van der Waals surface area (Å²) in [7, 11) is 2.01. The fourth-order valence-corrected chi connectivity index (χ4v) is 4.71. The third-order valence-corrected chi connectivity index (χ3v) is 6.50. The predicted molar refractivity (Wildman–Crippen MR) is 109 cm³/mol. The molecule has 1 saturated carbocycles. The maximum Gasteiger partial charge on any atom is 0.233 e. The molecule has 1 saturated heterocycles. The zero-order valence-electron chi connectivity index (χ0n) is 15.1. The van der Waals surface area contributed by atoms with Crippen molar-refractivity contribution in [2.24, 2.45) is 5.92 Å². The lowest BCUT2D eigenvalue weighted by atomic mass is 9.77. The molecule has 1 amide bonds. The van der Waals surface area contributed by atoms with Gasteiger partial charge in [-0.2, -0.15) is 0 Å². The van der Waals surface area contributed by atoms with Gasteiger partial charge in [0, 0.05) is 17.6 Å². The van der Waals surface area contributed by atoms with Gasteiger partial charge in [0.1, 0.15) is 0 Å². The fraction of sp³-hybridized carbons (Fsp3) is 0.650. The van der Waals surface area contributed by atoms with Gasteiger partial charge in [-0.05, 0) is 69.3 Å². The molecule has 0 atom stereocenters. The Bertz CT molecular complexity index is 549. The third-order valence-electron chi connectivity index (χ3n) is 5.97. The number of hydrogen-bond acceptors (Lipinski definition) is 2. The molecule has 0 aromatic heterocycles. The minimum absolute atomic E-state index is 0. The molecule has 5 heteroatoms. The molecule has 1 aliphatic heterocycles. The summed E-state index contributed by atoms with van der Waals surface area (Å²) >= 11 is 3.51. The quantitative estimate of drug-likeness (QED) is 0.745. The number of carbonyl (C=O) groups excluding carboxylic acids is 1. The molecule has 3 rings (SSSR count). The molecular formula is C20H30BrClN2O. The van der Waals surface area contributed by atoms with Gasteiger partial charge in [-0.3, -0.25) is 4.79 Å². The van der Waals surface area contributed by atoms with Crippen LogP contribution < -0.4 is 5.32 Å². The van der Waals surface area contributed by atoms with Gasteiger partial charge in [0.05, 0.1) is 5.41 Å². The summed E-state index contributed by atoms with van der Waals surface area (Å²) in [5.41, 5.74) is 0.948. The Labute approximate surface area is 166 Å².